The van der Waals surface area contributed by atoms with Gasteiger partial charge in [0.15, 0.2) is 0 Å². The van der Waals surface area contributed by atoms with Crippen molar-refractivity contribution >= 4 is 7.32 Å². The highest BCUT2D eigenvalue weighted by Gasteiger charge is 2.11. The van der Waals surface area contributed by atoms with Gasteiger partial charge in [-0.2, -0.15) is 0 Å². The number of methoxy groups -OCH3 is 1. The Hall–Kier alpha value is -1.04. The van der Waals surface area contributed by atoms with Crippen molar-refractivity contribution in [3.8, 4) is 5.75 Å². The van der Waals surface area contributed by atoms with Crippen LogP contribution in [0.2, 0.25) is 0 Å². The molecule has 0 spiro atoms. The van der Waals surface area contributed by atoms with E-state index < -0.39 is 7.32 Å². The Morgan fingerprint density at radius 2 is 2.07 bits per heavy atom. The van der Waals surface area contributed by atoms with E-state index in [0.717, 1.165) is 11.1 Å². The maximum atomic E-state index is 8.54. The van der Waals surface area contributed by atoms with Gasteiger partial charge in [-0.25, -0.2) is 0 Å². The molecule has 1 rings (SSSR count). The molecule has 76 valence electrons. The number of benzene rings is 1. The first-order valence-corrected chi connectivity index (χ1v) is 4.25. The second kappa shape index (κ2) is 5.00. The molecule has 0 radical (unpaired) electrons. The Kier molecular flexibility index (Phi) is 3.94. The van der Waals surface area contributed by atoms with E-state index in [0.29, 0.717) is 5.75 Å². The molecule has 0 bridgehead atoms. The maximum Gasteiger partial charge on any atom is 0.634 e. The van der Waals surface area contributed by atoms with Crippen LogP contribution in [0.4, 0.5) is 0 Å². The molecule has 0 unspecified atom stereocenters. The summed E-state index contributed by atoms with van der Waals surface area (Å²) in [6, 6.07) is 5.59. The van der Waals surface area contributed by atoms with Crippen LogP contribution in [0.1, 0.15) is 11.1 Å². The van der Waals surface area contributed by atoms with Crippen LogP contribution in [0, 0.1) is 6.92 Å². The van der Waals surface area contributed by atoms with E-state index in [2.05, 4.69) is 4.65 Å². The third kappa shape index (κ3) is 2.73. The number of hydrogen-bond acceptors (Lipinski definition) is 4. The van der Waals surface area contributed by atoms with Crippen LogP contribution in [0.25, 0.3) is 0 Å². The number of aryl methyl sites for hydroxylation is 1. The first-order chi connectivity index (χ1) is 6.65. The molecule has 0 aromatic heterocycles. The quantitative estimate of drug-likeness (QED) is 0.688. The average Bonchev–Trinajstić information content (AvgIpc) is 2.14. The average molecular weight is 196 g/mol. The molecule has 1 aromatic rings. The molecule has 0 aliphatic rings. The SMILES string of the molecule is COc1c(C)cccc1COB(O)O. The summed E-state index contributed by atoms with van der Waals surface area (Å²) in [6.07, 6.45) is 0. The molecular weight excluding hydrogens is 183 g/mol. The van der Waals surface area contributed by atoms with Crippen LogP contribution in [0.3, 0.4) is 0 Å². The number of ether oxygens (including phenoxy) is 1. The number of para-hydroxylation sites is 1. The standard InChI is InChI=1S/C9H13BO4/c1-7-4-3-5-8(9(7)13-2)6-14-10(11)12/h3-5,11-12H,6H2,1-2H3. The summed E-state index contributed by atoms with van der Waals surface area (Å²) >= 11 is 0. The molecule has 4 nitrogen and oxygen atoms in total. The van der Waals surface area contributed by atoms with Crippen molar-refractivity contribution in [1.82, 2.24) is 0 Å². The Balaban J connectivity index is 2.80. The summed E-state index contributed by atoms with van der Waals surface area (Å²) in [5.74, 6) is 0.716. The lowest BCUT2D eigenvalue weighted by atomic mass is 10.1. The second-order valence-corrected chi connectivity index (χ2v) is 2.90. The molecular formula is C9H13BO4. The lowest BCUT2D eigenvalue weighted by Gasteiger charge is -2.11. The molecule has 0 aliphatic heterocycles. The molecule has 1 aromatic carbocycles. The fourth-order valence-electron chi connectivity index (χ4n) is 1.28. The van der Waals surface area contributed by atoms with Gasteiger partial charge in [0.1, 0.15) is 5.75 Å². The van der Waals surface area contributed by atoms with E-state index in [-0.39, 0.29) is 6.61 Å². The Labute approximate surface area is 83.3 Å². The molecule has 14 heavy (non-hydrogen) atoms. The lowest BCUT2D eigenvalue weighted by Crippen LogP contribution is -2.16. The van der Waals surface area contributed by atoms with Gasteiger partial charge < -0.3 is 19.4 Å². The fourth-order valence-corrected chi connectivity index (χ4v) is 1.28. The zero-order valence-electron chi connectivity index (χ0n) is 8.23. The van der Waals surface area contributed by atoms with Crippen LogP contribution in [-0.2, 0) is 11.3 Å². The van der Waals surface area contributed by atoms with E-state index in [4.69, 9.17) is 14.8 Å². The van der Waals surface area contributed by atoms with Crippen LogP contribution in [-0.4, -0.2) is 24.5 Å². The topological polar surface area (TPSA) is 58.9 Å². The minimum Gasteiger partial charge on any atom is -0.496 e. The van der Waals surface area contributed by atoms with Crippen molar-refractivity contribution < 1.29 is 19.4 Å². The summed E-state index contributed by atoms with van der Waals surface area (Å²) in [4.78, 5) is 0. The van der Waals surface area contributed by atoms with Crippen molar-refractivity contribution in [3.63, 3.8) is 0 Å². The highest BCUT2D eigenvalue weighted by Crippen LogP contribution is 2.23. The van der Waals surface area contributed by atoms with Gasteiger partial charge >= 0.3 is 7.32 Å². The smallest absolute Gasteiger partial charge is 0.496 e. The predicted molar refractivity (Wildman–Crippen MR) is 52.7 cm³/mol. The second-order valence-electron chi connectivity index (χ2n) is 2.90. The molecule has 0 saturated carbocycles. The van der Waals surface area contributed by atoms with Crippen molar-refractivity contribution in [2.75, 3.05) is 7.11 Å². The zero-order chi connectivity index (χ0) is 10.6. The number of rotatable bonds is 4. The van der Waals surface area contributed by atoms with Crippen molar-refractivity contribution in [2.45, 2.75) is 13.5 Å². The van der Waals surface area contributed by atoms with Gasteiger partial charge in [0.05, 0.1) is 13.7 Å². The third-order valence-electron chi connectivity index (χ3n) is 1.89. The molecule has 2 N–H and O–H groups in total. The molecule has 0 aliphatic carbocycles. The monoisotopic (exact) mass is 196 g/mol. The minimum absolute atomic E-state index is 0.114. The largest absolute Gasteiger partial charge is 0.634 e. The molecule has 0 amide bonds. The van der Waals surface area contributed by atoms with Crippen LogP contribution in [0.5, 0.6) is 5.75 Å². The van der Waals surface area contributed by atoms with Gasteiger partial charge in [-0.15, -0.1) is 0 Å². The Morgan fingerprint density at radius 1 is 1.36 bits per heavy atom. The normalized spacial score (nSPS) is 10.0. The Bertz CT molecular complexity index is 301. The maximum absolute atomic E-state index is 8.54. The summed E-state index contributed by atoms with van der Waals surface area (Å²) in [5.41, 5.74) is 1.78. The third-order valence-corrected chi connectivity index (χ3v) is 1.89. The Morgan fingerprint density at radius 3 is 2.64 bits per heavy atom. The first-order valence-electron chi connectivity index (χ1n) is 4.25. The molecule has 5 heteroatoms. The van der Waals surface area contributed by atoms with E-state index >= 15 is 0 Å². The lowest BCUT2D eigenvalue weighted by molar-refractivity contribution is 0.175. The van der Waals surface area contributed by atoms with E-state index in [1.165, 1.54) is 0 Å². The van der Waals surface area contributed by atoms with Crippen molar-refractivity contribution in [3.05, 3.63) is 29.3 Å². The first kappa shape index (κ1) is 11.0. The van der Waals surface area contributed by atoms with E-state index in [1.807, 2.05) is 25.1 Å². The highest BCUT2D eigenvalue weighted by molar-refractivity contribution is 6.32. The molecule has 0 atom stereocenters. The van der Waals surface area contributed by atoms with Gasteiger partial charge in [-0.3, -0.25) is 0 Å². The van der Waals surface area contributed by atoms with Gasteiger partial charge in [-0.05, 0) is 12.5 Å². The highest BCUT2D eigenvalue weighted by atomic mass is 16.6. The molecule has 0 heterocycles. The van der Waals surface area contributed by atoms with Gasteiger partial charge in [0.2, 0.25) is 0 Å². The minimum atomic E-state index is -1.75. The molecule has 0 fully saturated rings. The fraction of sp³-hybridized carbons (Fsp3) is 0.333. The van der Waals surface area contributed by atoms with Crippen molar-refractivity contribution in [2.24, 2.45) is 0 Å². The predicted octanol–water partition coefficient (Wildman–Crippen LogP) is 0.490. The zero-order valence-corrected chi connectivity index (χ0v) is 8.23. The van der Waals surface area contributed by atoms with Crippen LogP contribution in [0.15, 0.2) is 18.2 Å². The van der Waals surface area contributed by atoms with Crippen LogP contribution < -0.4 is 4.74 Å². The van der Waals surface area contributed by atoms with Gasteiger partial charge in [0, 0.05) is 5.56 Å². The summed E-state index contributed by atoms with van der Waals surface area (Å²) in [7, 11) is -0.179. The summed E-state index contributed by atoms with van der Waals surface area (Å²) in [5, 5.41) is 17.1. The van der Waals surface area contributed by atoms with Crippen LogP contribution >= 0.6 is 0 Å². The molecule has 0 saturated heterocycles. The number of hydrogen-bond donors (Lipinski definition) is 2. The van der Waals surface area contributed by atoms with E-state index in [1.54, 1.807) is 7.11 Å². The summed E-state index contributed by atoms with van der Waals surface area (Å²) in [6.45, 7) is 2.03. The van der Waals surface area contributed by atoms with Gasteiger partial charge in [0.25, 0.3) is 0 Å². The van der Waals surface area contributed by atoms with Crippen molar-refractivity contribution in [1.29, 1.82) is 0 Å². The summed E-state index contributed by atoms with van der Waals surface area (Å²) < 4.78 is 9.82. The van der Waals surface area contributed by atoms with Gasteiger partial charge in [-0.1, -0.05) is 18.2 Å². The van der Waals surface area contributed by atoms with E-state index in [9.17, 15) is 0 Å².